The summed E-state index contributed by atoms with van der Waals surface area (Å²) < 4.78 is 5.01. The Hall–Kier alpha value is -1.46. The number of methoxy groups -OCH3 is 1. The molecule has 0 amide bonds. The van der Waals surface area contributed by atoms with Gasteiger partial charge < -0.3 is 4.74 Å². The Kier molecular flexibility index (Phi) is 3.36. The van der Waals surface area contributed by atoms with Gasteiger partial charge in [-0.15, -0.1) is 0 Å². The number of halogens is 1. The van der Waals surface area contributed by atoms with Gasteiger partial charge in [0.15, 0.2) is 0 Å². The van der Waals surface area contributed by atoms with Crippen LogP contribution >= 0.6 is 11.6 Å². The molecule has 1 rings (SSSR count). The highest BCUT2D eigenvalue weighted by Gasteiger charge is 2.04. The second-order valence-electron chi connectivity index (χ2n) is 2.32. The molecule has 0 N–H and O–H groups in total. The van der Waals surface area contributed by atoms with Gasteiger partial charge in [-0.25, -0.2) is 0 Å². The minimum Gasteiger partial charge on any atom is -0.495 e. The summed E-state index contributed by atoms with van der Waals surface area (Å²) in [6.45, 7) is 0. The summed E-state index contributed by atoms with van der Waals surface area (Å²) in [6, 6.07) is 9.11. The van der Waals surface area contributed by atoms with Gasteiger partial charge in [0.05, 0.1) is 24.3 Å². The van der Waals surface area contributed by atoms with Crippen molar-refractivity contribution in [3.05, 3.63) is 40.9 Å². The molecule has 3 heteroatoms. The normalized spacial score (nSPS) is 10.7. The average Bonchev–Trinajstić information content (AvgIpc) is 2.16. The summed E-state index contributed by atoms with van der Waals surface area (Å²) in [6.07, 6.45) is 1.32. The Labute approximate surface area is 82.0 Å². The third kappa shape index (κ3) is 2.24. The van der Waals surface area contributed by atoms with Gasteiger partial charge in [-0.3, -0.25) is 0 Å². The van der Waals surface area contributed by atoms with Crippen LogP contribution in [0, 0.1) is 11.3 Å². The Morgan fingerprint density at radius 2 is 2.23 bits per heavy atom. The molecule has 66 valence electrons. The molecule has 0 unspecified atom stereocenters. The highest BCUT2D eigenvalue weighted by Crippen LogP contribution is 2.23. The lowest BCUT2D eigenvalue weighted by Gasteiger charge is -2.05. The largest absolute Gasteiger partial charge is 0.495 e. The van der Waals surface area contributed by atoms with Crippen LogP contribution in [0.5, 0.6) is 0 Å². The first kappa shape index (κ1) is 9.63. The van der Waals surface area contributed by atoms with E-state index in [-0.39, 0.29) is 0 Å². The molecule has 0 aliphatic carbocycles. The fourth-order valence-electron chi connectivity index (χ4n) is 0.966. The van der Waals surface area contributed by atoms with Gasteiger partial charge >= 0.3 is 0 Å². The van der Waals surface area contributed by atoms with Gasteiger partial charge in [0.25, 0.3) is 0 Å². The summed E-state index contributed by atoms with van der Waals surface area (Å²) in [4.78, 5) is 0. The van der Waals surface area contributed by atoms with Crippen LogP contribution in [0.3, 0.4) is 0 Å². The molecule has 0 aliphatic heterocycles. The van der Waals surface area contributed by atoms with Gasteiger partial charge in [0, 0.05) is 5.56 Å². The third-order valence-corrected chi connectivity index (χ3v) is 1.88. The lowest BCUT2D eigenvalue weighted by Crippen LogP contribution is -1.87. The SMILES string of the molecule is CO/C(=C\C#N)c1ccccc1Cl. The van der Waals surface area contributed by atoms with Crippen molar-refractivity contribution in [1.29, 1.82) is 5.26 Å². The van der Waals surface area contributed by atoms with E-state index in [9.17, 15) is 0 Å². The fraction of sp³-hybridized carbons (Fsp3) is 0.100. The van der Waals surface area contributed by atoms with E-state index in [0.717, 1.165) is 5.56 Å². The molecule has 0 saturated carbocycles. The van der Waals surface area contributed by atoms with Crippen molar-refractivity contribution in [3.8, 4) is 6.07 Å². The quantitative estimate of drug-likeness (QED) is 0.535. The van der Waals surface area contributed by atoms with Gasteiger partial charge in [0.2, 0.25) is 0 Å². The molecule has 0 saturated heterocycles. The van der Waals surface area contributed by atoms with Crippen molar-refractivity contribution in [3.63, 3.8) is 0 Å². The van der Waals surface area contributed by atoms with E-state index in [1.54, 1.807) is 12.1 Å². The van der Waals surface area contributed by atoms with Crippen molar-refractivity contribution in [2.75, 3.05) is 7.11 Å². The number of allylic oxidation sites excluding steroid dienone is 1. The van der Waals surface area contributed by atoms with Crippen LogP contribution in [-0.2, 0) is 4.74 Å². The molecular formula is C10H8ClNO. The van der Waals surface area contributed by atoms with Gasteiger partial charge in [0.1, 0.15) is 5.76 Å². The maximum atomic E-state index is 8.47. The molecule has 0 atom stereocenters. The standard InChI is InChI=1S/C10H8ClNO/c1-13-10(6-7-12)8-4-2-3-5-9(8)11/h2-6H,1H3/b10-6-. The number of nitriles is 1. The first-order chi connectivity index (χ1) is 6.29. The van der Waals surface area contributed by atoms with E-state index in [4.69, 9.17) is 21.6 Å². The molecule has 2 nitrogen and oxygen atoms in total. The zero-order valence-corrected chi connectivity index (χ0v) is 7.88. The predicted molar refractivity (Wildman–Crippen MR) is 52.1 cm³/mol. The summed E-state index contributed by atoms with van der Waals surface area (Å²) in [5.74, 6) is 0.480. The lowest BCUT2D eigenvalue weighted by molar-refractivity contribution is 0.370. The van der Waals surface area contributed by atoms with Gasteiger partial charge in [-0.05, 0) is 12.1 Å². The van der Waals surface area contributed by atoms with E-state index in [2.05, 4.69) is 0 Å². The van der Waals surface area contributed by atoms with E-state index < -0.39 is 0 Å². The average molecular weight is 194 g/mol. The first-order valence-corrected chi connectivity index (χ1v) is 4.06. The van der Waals surface area contributed by atoms with Crippen molar-refractivity contribution in [2.24, 2.45) is 0 Å². The lowest BCUT2D eigenvalue weighted by atomic mass is 10.2. The van der Waals surface area contributed by atoms with E-state index in [1.807, 2.05) is 18.2 Å². The van der Waals surface area contributed by atoms with Crippen LogP contribution in [0.25, 0.3) is 5.76 Å². The molecule has 1 aromatic rings. The fourth-order valence-corrected chi connectivity index (χ4v) is 1.20. The molecule has 0 radical (unpaired) electrons. The van der Waals surface area contributed by atoms with Crippen LogP contribution in [0.4, 0.5) is 0 Å². The van der Waals surface area contributed by atoms with Gasteiger partial charge in [-0.1, -0.05) is 23.7 Å². The number of hydrogen-bond acceptors (Lipinski definition) is 2. The second-order valence-corrected chi connectivity index (χ2v) is 2.73. The zero-order valence-electron chi connectivity index (χ0n) is 7.12. The van der Waals surface area contributed by atoms with Crippen LogP contribution in [0.15, 0.2) is 30.3 Å². The first-order valence-electron chi connectivity index (χ1n) is 3.68. The Morgan fingerprint density at radius 3 is 2.77 bits per heavy atom. The van der Waals surface area contributed by atoms with Crippen molar-refractivity contribution in [1.82, 2.24) is 0 Å². The highest BCUT2D eigenvalue weighted by atomic mass is 35.5. The Bertz CT molecular complexity index is 365. The maximum absolute atomic E-state index is 8.47. The van der Waals surface area contributed by atoms with Crippen LogP contribution in [0.1, 0.15) is 5.56 Å². The highest BCUT2D eigenvalue weighted by molar-refractivity contribution is 6.32. The molecule has 0 fully saturated rings. The van der Waals surface area contributed by atoms with Crippen molar-refractivity contribution >= 4 is 17.4 Å². The minimum absolute atomic E-state index is 0.480. The Morgan fingerprint density at radius 1 is 1.54 bits per heavy atom. The molecule has 0 aromatic heterocycles. The number of rotatable bonds is 2. The molecule has 13 heavy (non-hydrogen) atoms. The minimum atomic E-state index is 0.480. The van der Waals surface area contributed by atoms with E-state index >= 15 is 0 Å². The predicted octanol–water partition coefficient (Wildman–Crippen LogP) is 2.85. The van der Waals surface area contributed by atoms with Crippen LogP contribution < -0.4 is 0 Å². The summed E-state index contributed by atoms with van der Waals surface area (Å²) >= 11 is 5.90. The number of nitrogens with zero attached hydrogens (tertiary/aromatic N) is 1. The van der Waals surface area contributed by atoms with Crippen LogP contribution in [0.2, 0.25) is 5.02 Å². The smallest absolute Gasteiger partial charge is 0.138 e. The molecule has 0 bridgehead atoms. The van der Waals surface area contributed by atoms with Crippen molar-refractivity contribution in [2.45, 2.75) is 0 Å². The number of hydrogen-bond donors (Lipinski definition) is 0. The molecule has 0 heterocycles. The molecule has 0 aliphatic rings. The van der Waals surface area contributed by atoms with Crippen LogP contribution in [-0.4, -0.2) is 7.11 Å². The summed E-state index contributed by atoms with van der Waals surface area (Å²) in [5, 5.41) is 9.05. The molecule has 0 spiro atoms. The van der Waals surface area contributed by atoms with E-state index in [1.165, 1.54) is 13.2 Å². The Balaban J connectivity index is 3.14. The monoisotopic (exact) mass is 193 g/mol. The molecular weight excluding hydrogens is 186 g/mol. The van der Waals surface area contributed by atoms with Gasteiger partial charge in [-0.2, -0.15) is 5.26 Å². The zero-order chi connectivity index (χ0) is 9.68. The number of ether oxygens (including phenoxy) is 1. The third-order valence-electron chi connectivity index (χ3n) is 1.55. The van der Waals surface area contributed by atoms with Crippen molar-refractivity contribution < 1.29 is 4.74 Å². The maximum Gasteiger partial charge on any atom is 0.138 e. The summed E-state index contributed by atoms with van der Waals surface area (Å²) in [7, 11) is 1.51. The van der Waals surface area contributed by atoms with E-state index in [0.29, 0.717) is 10.8 Å². The number of benzene rings is 1. The second kappa shape index (κ2) is 4.54. The molecule has 1 aromatic carbocycles. The topological polar surface area (TPSA) is 33.0 Å². The summed E-state index contributed by atoms with van der Waals surface area (Å²) in [5.41, 5.74) is 0.730.